The van der Waals surface area contributed by atoms with Crippen molar-refractivity contribution in [1.82, 2.24) is 10.6 Å². The molecule has 3 N–H and O–H groups in total. The van der Waals surface area contributed by atoms with Crippen molar-refractivity contribution in [3.8, 4) is 0 Å². The van der Waals surface area contributed by atoms with Gasteiger partial charge in [-0.05, 0) is 55.8 Å². The summed E-state index contributed by atoms with van der Waals surface area (Å²) in [5.74, 6) is 1.50. The molecule has 2 bridgehead atoms. The molecule has 0 heterocycles. The molecule has 0 aromatic rings. The number of urea groups is 1. The number of amides is 2. The number of aliphatic hydroxyl groups is 1. The molecule has 3 saturated carbocycles. The van der Waals surface area contributed by atoms with Gasteiger partial charge in [-0.1, -0.05) is 6.92 Å². The molecular weight excluding hydrogens is 240 g/mol. The van der Waals surface area contributed by atoms with Gasteiger partial charge in [0.25, 0.3) is 0 Å². The van der Waals surface area contributed by atoms with Crippen LogP contribution >= 0.6 is 0 Å². The fourth-order valence-electron chi connectivity index (χ4n) is 4.20. The number of fused-ring (bicyclic) bond motifs is 2. The summed E-state index contributed by atoms with van der Waals surface area (Å²) in [4.78, 5) is 12.0. The number of hydrogen-bond donors (Lipinski definition) is 3. The van der Waals surface area contributed by atoms with E-state index in [0.717, 1.165) is 13.0 Å². The van der Waals surface area contributed by atoms with Gasteiger partial charge < -0.3 is 15.7 Å². The summed E-state index contributed by atoms with van der Waals surface area (Å²) in [6.45, 7) is 3.22. The van der Waals surface area contributed by atoms with Gasteiger partial charge in [-0.15, -0.1) is 0 Å². The maximum Gasteiger partial charge on any atom is 0.315 e. The van der Waals surface area contributed by atoms with E-state index >= 15 is 0 Å². The molecule has 2 amide bonds. The van der Waals surface area contributed by atoms with Gasteiger partial charge in [0.2, 0.25) is 0 Å². The number of carbonyl (C=O) groups is 1. The van der Waals surface area contributed by atoms with Crippen LogP contribution in [0, 0.1) is 23.2 Å². The molecular formula is C15H26N2O2. The minimum atomic E-state index is -0.0317. The van der Waals surface area contributed by atoms with Crippen molar-refractivity contribution in [1.29, 1.82) is 0 Å². The summed E-state index contributed by atoms with van der Waals surface area (Å²) in [6, 6.07) is 0.163. The Labute approximate surface area is 115 Å². The van der Waals surface area contributed by atoms with E-state index in [1.165, 1.54) is 32.1 Å². The molecule has 4 atom stereocenters. The summed E-state index contributed by atoms with van der Waals surface area (Å²) >= 11 is 0. The molecule has 0 radical (unpaired) electrons. The first-order valence-corrected chi connectivity index (χ1v) is 7.83. The zero-order valence-electron chi connectivity index (χ0n) is 11.8. The van der Waals surface area contributed by atoms with Gasteiger partial charge in [0.15, 0.2) is 0 Å². The second-order valence-corrected chi connectivity index (χ2v) is 6.89. The Morgan fingerprint density at radius 1 is 1.32 bits per heavy atom. The molecule has 0 aliphatic heterocycles. The maximum atomic E-state index is 12.0. The van der Waals surface area contributed by atoms with Gasteiger partial charge in [-0.2, -0.15) is 0 Å². The lowest BCUT2D eigenvalue weighted by Gasteiger charge is -2.30. The summed E-state index contributed by atoms with van der Waals surface area (Å²) < 4.78 is 0. The summed E-state index contributed by atoms with van der Waals surface area (Å²) in [5.41, 5.74) is 0.391. The smallest absolute Gasteiger partial charge is 0.315 e. The Morgan fingerprint density at radius 2 is 2.05 bits per heavy atom. The van der Waals surface area contributed by atoms with Gasteiger partial charge in [-0.25, -0.2) is 4.79 Å². The molecule has 0 aromatic carbocycles. The minimum Gasteiger partial charge on any atom is -0.396 e. The zero-order valence-corrected chi connectivity index (χ0v) is 11.8. The highest BCUT2D eigenvalue weighted by Gasteiger charge is 2.48. The standard InChI is InChI=1S/C15H26N2O2/c1-2-15(5-6-15)9-16-14(19)17-13-11-4-3-10(7-11)12(13)8-18/h10-13,18H,2-9H2,1H3,(H2,16,17,19). The molecule has 108 valence electrons. The average Bonchev–Trinajstić information content (AvgIpc) is 2.94. The van der Waals surface area contributed by atoms with Crippen LogP contribution in [0.25, 0.3) is 0 Å². The fraction of sp³-hybridized carbons (Fsp3) is 0.933. The van der Waals surface area contributed by atoms with Gasteiger partial charge in [0.05, 0.1) is 0 Å². The van der Waals surface area contributed by atoms with Crippen LogP contribution in [-0.4, -0.2) is 30.3 Å². The predicted molar refractivity (Wildman–Crippen MR) is 73.7 cm³/mol. The monoisotopic (exact) mass is 266 g/mol. The van der Waals surface area contributed by atoms with Gasteiger partial charge >= 0.3 is 6.03 Å². The van der Waals surface area contributed by atoms with Crippen LogP contribution in [0.5, 0.6) is 0 Å². The Morgan fingerprint density at radius 3 is 2.68 bits per heavy atom. The van der Waals surface area contributed by atoms with Crippen molar-refractivity contribution in [2.24, 2.45) is 23.2 Å². The van der Waals surface area contributed by atoms with Crippen molar-refractivity contribution in [3.05, 3.63) is 0 Å². The normalized spacial score (nSPS) is 38.2. The Bertz CT molecular complexity index is 354. The molecule has 0 saturated heterocycles. The van der Waals surface area contributed by atoms with Crippen molar-refractivity contribution in [3.63, 3.8) is 0 Å². The molecule has 4 unspecified atom stereocenters. The van der Waals surface area contributed by atoms with Gasteiger partial charge in [-0.3, -0.25) is 0 Å². The number of nitrogens with one attached hydrogen (secondary N) is 2. The second kappa shape index (κ2) is 4.97. The molecule has 0 spiro atoms. The van der Waals surface area contributed by atoms with Crippen molar-refractivity contribution in [2.45, 2.75) is 51.5 Å². The molecule has 3 fully saturated rings. The number of hydrogen-bond acceptors (Lipinski definition) is 2. The third-order valence-corrected chi connectivity index (χ3v) is 5.93. The molecule has 3 rings (SSSR count). The Hall–Kier alpha value is -0.770. The van der Waals surface area contributed by atoms with E-state index in [1.807, 2.05) is 0 Å². The van der Waals surface area contributed by atoms with Gasteiger partial charge in [0.1, 0.15) is 0 Å². The first-order valence-electron chi connectivity index (χ1n) is 7.83. The summed E-state index contributed by atoms with van der Waals surface area (Å²) in [5, 5.41) is 15.7. The third-order valence-electron chi connectivity index (χ3n) is 5.93. The first kappa shape index (κ1) is 13.2. The van der Waals surface area contributed by atoms with Gasteiger partial charge in [0, 0.05) is 25.1 Å². The molecule has 3 aliphatic rings. The highest BCUT2D eigenvalue weighted by molar-refractivity contribution is 5.74. The molecule has 3 aliphatic carbocycles. The quantitative estimate of drug-likeness (QED) is 0.711. The maximum absolute atomic E-state index is 12.0. The second-order valence-electron chi connectivity index (χ2n) is 6.89. The predicted octanol–water partition coefficient (Wildman–Crippen LogP) is 1.88. The summed E-state index contributed by atoms with van der Waals surface area (Å²) in [7, 11) is 0. The average molecular weight is 266 g/mol. The van der Waals surface area contributed by atoms with Crippen molar-refractivity contribution >= 4 is 6.03 Å². The van der Waals surface area contributed by atoms with Crippen LogP contribution in [0.4, 0.5) is 4.79 Å². The van der Waals surface area contributed by atoms with Crippen LogP contribution in [0.2, 0.25) is 0 Å². The first-order chi connectivity index (χ1) is 9.17. The topological polar surface area (TPSA) is 61.4 Å². The molecule has 19 heavy (non-hydrogen) atoms. The lowest BCUT2D eigenvalue weighted by molar-refractivity contribution is 0.144. The van der Waals surface area contributed by atoms with E-state index in [4.69, 9.17) is 0 Å². The van der Waals surface area contributed by atoms with Crippen molar-refractivity contribution in [2.75, 3.05) is 13.2 Å². The van der Waals surface area contributed by atoms with Crippen LogP contribution < -0.4 is 10.6 Å². The number of aliphatic hydroxyl groups excluding tert-OH is 1. The Balaban J connectivity index is 1.49. The van der Waals surface area contributed by atoms with Crippen LogP contribution in [-0.2, 0) is 0 Å². The van der Waals surface area contributed by atoms with Crippen LogP contribution in [0.15, 0.2) is 0 Å². The summed E-state index contributed by atoms with van der Waals surface area (Å²) in [6.07, 6.45) is 7.28. The SMILES string of the molecule is CCC1(CNC(=O)NC2C3CCC(C3)C2CO)CC1. The van der Waals surface area contributed by atoms with Crippen LogP contribution in [0.3, 0.4) is 0 Å². The highest BCUT2D eigenvalue weighted by atomic mass is 16.3. The number of rotatable bonds is 5. The van der Waals surface area contributed by atoms with Crippen LogP contribution in [0.1, 0.15) is 45.4 Å². The van der Waals surface area contributed by atoms with E-state index in [0.29, 0.717) is 17.3 Å². The molecule has 4 nitrogen and oxygen atoms in total. The number of carbonyl (C=O) groups excluding carboxylic acids is 1. The van der Waals surface area contributed by atoms with E-state index in [2.05, 4.69) is 17.6 Å². The van der Waals surface area contributed by atoms with Crippen molar-refractivity contribution < 1.29 is 9.90 Å². The third kappa shape index (κ3) is 2.47. The lowest BCUT2D eigenvalue weighted by atomic mass is 9.85. The fourth-order valence-corrected chi connectivity index (χ4v) is 4.20. The molecule has 0 aromatic heterocycles. The van der Waals surface area contributed by atoms with E-state index in [9.17, 15) is 9.90 Å². The highest BCUT2D eigenvalue weighted by Crippen LogP contribution is 2.49. The zero-order chi connectivity index (χ0) is 13.5. The minimum absolute atomic E-state index is 0.0317. The lowest BCUT2D eigenvalue weighted by Crippen LogP contribution is -2.50. The van der Waals surface area contributed by atoms with E-state index < -0.39 is 0 Å². The largest absolute Gasteiger partial charge is 0.396 e. The van der Waals surface area contributed by atoms with E-state index in [1.54, 1.807) is 0 Å². The molecule has 4 heteroatoms. The van der Waals surface area contributed by atoms with E-state index in [-0.39, 0.29) is 24.6 Å². The Kier molecular flexibility index (Phi) is 3.46.